The molecule has 44 valence electrons. The zero-order valence-corrected chi connectivity index (χ0v) is 5.97. The lowest BCUT2D eigenvalue weighted by Crippen LogP contribution is -1.81. The maximum atomic E-state index is 5.38. The number of nitrogens with zero attached hydrogens (tertiary/aromatic N) is 1. The van der Waals surface area contributed by atoms with Gasteiger partial charge in [0.1, 0.15) is 0 Å². The van der Waals surface area contributed by atoms with Crippen molar-refractivity contribution < 1.29 is 0 Å². The van der Waals surface area contributed by atoms with E-state index < -0.39 is 0 Å². The number of nitrogen functional groups attached to an aromatic ring is 1. The standard InChI is InChI=1S/C3H5N3S2/c1-8-2(4)5-6-3(8)7/h1H3,(H2-,4,5,6,7)/p+1. The van der Waals surface area contributed by atoms with Crippen molar-refractivity contribution in [1.29, 1.82) is 0 Å². The van der Waals surface area contributed by atoms with Gasteiger partial charge in [-0.3, -0.25) is 0 Å². The molecule has 0 saturated heterocycles. The van der Waals surface area contributed by atoms with Crippen LogP contribution in [0.1, 0.15) is 0 Å². The van der Waals surface area contributed by atoms with Crippen molar-refractivity contribution in [2.24, 2.45) is 6.26 Å². The van der Waals surface area contributed by atoms with Crippen molar-refractivity contribution in [3.63, 3.8) is 0 Å². The van der Waals surface area contributed by atoms with Crippen molar-refractivity contribution in [3.05, 3.63) is 3.95 Å². The van der Waals surface area contributed by atoms with Gasteiger partial charge in [0.25, 0.3) is 17.3 Å². The number of hydrogen-bond donors (Lipinski definition) is 2. The Kier molecular flexibility index (Phi) is 1.31. The van der Waals surface area contributed by atoms with E-state index in [-0.39, 0.29) is 10.5 Å². The molecule has 8 heavy (non-hydrogen) atoms. The Balaban J connectivity index is 3.41. The summed E-state index contributed by atoms with van der Waals surface area (Å²) in [6.07, 6.45) is 1.95. The SMILES string of the molecule is C[s+]1c(N)n[nH]c1=S. The Bertz CT molecular complexity index is 235. The average Bonchev–Trinajstić information content (AvgIpc) is 1.98. The van der Waals surface area contributed by atoms with E-state index in [9.17, 15) is 0 Å². The zero-order chi connectivity index (χ0) is 6.15. The van der Waals surface area contributed by atoms with Gasteiger partial charge in [-0.25, -0.2) is 5.10 Å². The fraction of sp³-hybridized carbons (Fsp3) is 0.333. The monoisotopic (exact) mass is 148 g/mol. The molecule has 0 fully saturated rings. The number of anilines is 1. The number of H-pyrrole nitrogens is 1. The summed E-state index contributed by atoms with van der Waals surface area (Å²) in [6, 6.07) is 0. The Morgan fingerprint density at radius 1 is 1.88 bits per heavy atom. The molecule has 3 N–H and O–H groups in total. The van der Waals surface area contributed by atoms with Crippen molar-refractivity contribution >= 4 is 27.8 Å². The number of nitrogens with two attached hydrogens (primary N) is 1. The molecule has 0 aliphatic carbocycles. The number of nitrogens with one attached hydrogen (secondary N) is 1. The minimum atomic E-state index is -0.114. The van der Waals surface area contributed by atoms with E-state index in [1.165, 1.54) is 0 Å². The predicted octanol–water partition coefficient (Wildman–Crippen LogP) is 1.01. The predicted molar refractivity (Wildman–Crippen MR) is 37.3 cm³/mol. The first-order chi connectivity index (χ1) is 3.72. The molecule has 0 aromatic carbocycles. The molecule has 0 aliphatic rings. The second kappa shape index (κ2) is 1.83. The maximum absolute atomic E-state index is 5.38. The molecule has 1 unspecified atom stereocenters. The van der Waals surface area contributed by atoms with Crippen LogP contribution in [-0.2, 0) is 6.26 Å². The second-order valence-corrected chi connectivity index (χ2v) is 3.87. The first-order valence-corrected chi connectivity index (χ1v) is 4.05. The fourth-order valence-electron chi connectivity index (χ4n) is 0.333. The number of aromatic amines is 1. The first-order valence-electron chi connectivity index (χ1n) is 2.01. The highest BCUT2D eigenvalue weighted by Crippen LogP contribution is 2.19. The van der Waals surface area contributed by atoms with Crippen LogP contribution in [0.5, 0.6) is 0 Å². The molecule has 1 rings (SSSR count). The first kappa shape index (κ1) is 5.71. The molecule has 0 aliphatic heterocycles. The molecule has 1 aromatic heterocycles. The summed E-state index contributed by atoms with van der Waals surface area (Å²) in [5.41, 5.74) is 5.38. The lowest BCUT2D eigenvalue weighted by molar-refractivity contribution is 1.09. The van der Waals surface area contributed by atoms with Gasteiger partial charge in [0.05, 0.1) is 6.26 Å². The normalized spacial score (nSPS) is 11.9. The van der Waals surface area contributed by atoms with E-state index in [0.29, 0.717) is 5.13 Å². The number of rotatable bonds is 0. The minimum absolute atomic E-state index is 0.114. The van der Waals surface area contributed by atoms with Crippen LogP contribution in [0.15, 0.2) is 0 Å². The van der Waals surface area contributed by atoms with Crippen LogP contribution >= 0.6 is 22.7 Å². The Morgan fingerprint density at radius 3 is 2.62 bits per heavy atom. The van der Waals surface area contributed by atoms with E-state index in [0.717, 1.165) is 3.95 Å². The molecule has 1 aromatic rings. The van der Waals surface area contributed by atoms with Gasteiger partial charge in [-0.15, -0.1) is 5.10 Å². The van der Waals surface area contributed by atoms with Gasteiger partial charge >= 0.3 is 3.95 Å². The second-order valence-electron chi connectivity index (χ2n) is 1.36. The van der Waals surface area contributed by atoms with Gasteiger partial charge in [-0.05, 0) is 10.5 Å². The zero-order valence-electron chi connectivity index (χ0n) is 4.34. The number of aromatic nitrogens is 2. The van der Waals surface area contributed by atoms with Crippen LogP contribution in [0.3, 0.4) is 0 Å². The minimum Gasteiger partial charge on any atom is -0.357 e. The highest BCUT2D eigenvalue weighted by molar-refractivity contribution is 7.74. The number of hydrogen-bond acceptors (Lipinski definition) is 3. The molecule has 1 heterocycles. The summed E-state index contributed by atoms with van der Waals surface area (Å²) in [5.74, 6) is 0. The molecule has 3 nitrogen and oxygen atoms in total. The van der Waals surface area contributed by atoms with Gasteiger partial charge in [-0.1, -0.05) is 0 Å². The highest BCUT2D eigenvalue weighted by Gasteiger charge is 2.03. The molecule has 0 saturated carbocycles. The van der Waals surface area contributed by atoms with E-state index in [1.54, 1.807) is 0 Å². The van der Waals surface area contributed by atoms with E-state index in [1.807, 2.05) is 6.26 Å². The molecule has 0 amide bonds. The van der Waals surface area contributed by atoms with Crippen LogP contribution in [0.4, 0.5) is 5.13 Å². The lowest BCUT2D eigenvalue weighted by atomic mass is 11.3. The van der Waals surface area contributed by atoms with Crippen LogP contribution in [0.2, 0.25) is 0 Å². The van der Waals surface area contributed by atoms with Gasteiger partial charge in [0.15, 0.2) is 0 Å². The fourth-order valence-corrected chi connectivity index (χ4v) is 1.19. The van der Waals surface area contributed by atoms with E-state index in [4.69, 9.17) is 18.0 Å². The third-order valence-electron chi connectivity index (χ3n) is 0.849. The third kappa shape index (κ3) is 0.740. The summed E-state index contributed by atoms with van der Waals surface area (Å²) >= 11 is 4.83. The molecule has 0 bridgehead atoms. The summed E-state index contributed by atoms with van der Waals surface area (Å²) in [7, 11) is -0.114. The average molecular weight is 148 g/mol. The smallest absolute Gasteiger partial charge is 0.357 e. The van der Waals surface area contributed by atoms with Crippen molar-refractivity contribution in [2.75, 3.05) is 5.73 Å². The van der Waals surface area contributed by atoms with Crippen molar-refractivity contribution in [1.82, 2.24) is 10.2 Å². The molecule has 5 heteroatoms. The summed E-state index contributed by atoms with van der Waals surface area (Å²) in [6.45, 7) is 0. The van der Waals surface area contributed by atoms with Gasteiger partial charge < -0.3 is 5.73 Å². The summed E-state index contributed by atoms with van der Waals surface area (Å²) < 4.78 is 0.738. The van der Waals surface area contributed by atoms with Gasteiger partial charge in [0.2, 0.25) is 0 Å². The van der Waals surface area contributed by atoms with Gasteiger partial charge in [0, 0.05) is 0 Å². The van der Waals surface area contributed by atoms with Crippen LogP contribution in [0, 0.1) is 3.95 Å². The Labute approximate surface area is 54.5 Å². The quantitative estimate of drug-likeness (QED) is 0.426. The summed E-state index contributed by atoms with van der Waals surface area (Å²) in [5, 5.41) is 6.95. The Morgan fingerprint density at radius 2 is 2.50 bits per heavy atom. The summed E-state index contributed by atoms with van der Waals surface area (Å²) in [4.78, 5) is 0. The van der Waals surface area contributed by atoms with E-state index in [2.05, 4.69) is 10.2 Å². The molecule has 0 spiro atoms. The largest absolute Gasteiger partial charge is 0.375 e. The molecular weight excluding hydrogens is 142 g/mol. The van der Waals surface area contributed by atoms with Crippen LogP contribution < -0.4 is 5.73 Å². The lowest BCUT2D eigenvalue weighted by Gasteiger charge is -1.72. The van der Waals surface area contributed by atoms with E-state index >= 15 is 0 Å². The van der Waals surface area contributed by atoms with Crippen molar-refractivity contribution in [3.8, 4) is 0 Å². The Hall–Kier alpha value is -0.420. The molecular formula is C3H6N3S2+. The van der Waals surface area contributed by atoms with Gasteiger partial charge in [-0.2, -0.15) is 0 Å². The highest BCUT2D eigenvalue weighted by atomic mass is 32.2. The third-order valence-corrected chi connectivity index (χ3v) is 3.06. The van der Waals surface area contributed by atoms with Crippen LogP contribution in [0.25, 0.3) is 0 Å². The molecule has 0 radical (unpaired) electrons. The van der Waals surface area contributed by atoms with Crippen LogP contribution in [-0.4, -0.2) is 10.2 Å². The van der Waals surface area contributed by atoms with Crippen molar-refractivity contribution in [2.45, 2.75) is 0 Å². The topological polar surface area (TPSA) is 54.7 Å². The molecule has 1 atom stereocenters. The maximum Gasteiger partial charge on any atom is 0.375 e.